The van der Waals surface area contributed by atoms with Crippen LogP contribution in [0.3, 0.4) is 0 Å². The molecule has 0 aliphatic carbocycles. The van der Waals surface area contributed by atoms with Crippen molar-refractivity contribution in [2.45, 2.75) is 18.9 Å². The number of nitrogens with one attached hydrogen (secondary N) is 1. The van der Waals surface area contributed by atoms with Crippen molar-refractivity contribution < 1.29 is 4.42 Å². The monoisotopic (exact) mass is 237 g/mol. The number of nitrogens with zero attached hydrogens (tertiary/aromatic N) is 4. The van der Waals surface area contributed by atoms with Crippen LogP contribution in [0.1, 0.15) is 24.8 Å². The zero-order valence-electron chi connectivity index (χ0n) is 10.2. The summed E-state index contributed by atoms with van der Waals surface area (Å²) >= 11 is 0. The Hall–Kier alpha value is -1.14. The fourth-order valence-electron chi connectivity index (χ4n) is 2.39. The van der Waals surface area contributed by atoms with E-state index in [-0.39, 0.29) is 6.04 Å². The molecule has 3 rings (SSSR count). The standard InChI is InChI=1S/C11H19N5O/c1-15-5-7-16(8-6-15)11-14-13-10(17-11)9-3-2-4-12-9/h9,12H,2-8H2,1H3. The molecule has 17 heavy (non-hydrogen) atoms. The van der Waals surface area contributed by atoms with E-state index in [1.807, 2.05) is 0 Å². The van der Waals surface area contributed by atoms with Crippen LogP contribution in [-0.2, 0) is 0 Å². The Labute approximate surface area is 101 Å². The van der Waals surface area contributed by atoms with Crippen molar-refractivity contribution in [3.63, 3.8) is 0 Å². The molecule has 6 nitrogen and oxygen atoms in total. The van der Waals surface area contributed by atoms with E-state index in [1.54, 1.807) is 0 Å². The van der Waals surface area contributed by atoms with E-state index in [2.05, 4.69) is 32.4 Å². The summed E-state index contributed by atoms with van der Waals surface area (Å²) < 4.78 is 5.76. The van der Waals surface area contributed by atoms with Crippen molar-refractivity contribution in [3.05, 3.63) is 5.89 Å². The van der Waals surface area contributed by atoms with Gasteiger partial charge in [-0.2, -0.15) is 0 Å². The molecule has 0 radical (unpaired) electrons. The first-order valence-electron chi connectivity index (χ1n) is 6.33. The molecule has 1 aromatic heterocycles. The largest absolute Gasteiger partial charge is 0.406 e. The lowest BCUT2D eigenvalue weighted by Gasteiger charge is -2.30. The lowest BCUT2D eigenvalue weighted by Crippen LogP contribution is -2.44. The quantitative estimate of drug-likeness (QED) is 0.795. The predicted molar refractivity (Wildman–Crippen MR) is 64.0 cm³/mol. The molecule has 1 atom stereocenters. The first-order chi connectivity index (χ1) is 8.33. The third-order valence-electron chi connectivity index (χ3n) is 3.56. The van der Waals surface area contributed by atoms with Gasteiger partial charge < -0.3 is 19.5 Å². The van der Waals surface area contributed by atoms with Gasteiger partial charge in [-0.1, -0.05) is 5.10 Å². The molecule has 0 saturated carbocycles. The van der Waals surface area contributed by atoms with E-state index < -0.39 is 0 Å². The van der Waals surface area contributed by atoms with Gasteiger partial charge in [0.25, 0.3) is 0 Å². The second-order valence-corrected chi connectivity index (χ2v) is 4.86. The molecule has 3 heterocycles. The van der Waals surface area contributed by atoms with Gasteiger partial charge in [-0.25, -0.2) is 0 Å². The van der Waals surface area contributed by atoms with Crippen LogP contribution >= 0.6 is 0 Å². The van der Waals surface area contributed by atoms with Gasteiger partial charge in [-0.05, 0) is 26.4 Å². The maximum atomic E-state index is 5.76. The summed E-state index contributed by atoms with van der Waals surface area (Å²) in [6, 6.07) is 0.950. The highest BCUT2D eigenvalue weighted by Gasteiger charge is 2.24. The minimum Gasteiger partial charge on any atom is -0.406 e. The number of anilines is 1. The average molecular weight is 237 g/mol. The zero-order valence-corrected chi connectivity index (χ0v) is 10.2. The van der Waals surface area contributed by atoms with Crippen molar-refractivity contribution in [2.75, 3.05) is 44.7 Å². The molecule has 0 spiro atoms. The second kappa shape index (κ2) is 4.62. The van der Waals surface area contributed by atoms with E-state index in [4.69, 9.17) is 4.42 Å². The smallest absolute Gasteiger partial charge is 0.318 e. The highest BCUT2D eigenvalue weighted by atomic mass is 16.4. The van der Waals surface area contributed by atoms with Gasteiger partial charge in [0.05, 0.1) is 6.04 Å². The average Bonchev–Trinajstić information content (AvgIpc) is 3.00. The predicted octanol–water partition coefficient (Wildman–Crippen LogP) is 0.246. The molecule has 2 fully saturated rings. The number of hydrogen-bond acceptors (Lipinski definition) is 6. The van der Waals surface area contributed by atoms with Gasteiger partial charge in [-0.3, -0.25) is 0 Å². The third-order valence-corrected chi connectivity index (χ3v) is 3.56. The Bertz CT molecular complexity index is 366. The summed E-state index contributed by atoms with van der Waals surface area (Å²) in [5, 5.41) is 11.7. The van der Waals surface area contributed by atoms with Gasteiger partial charge in [-0.15, -0.1) is 5.10 Å². The molecule has 2 aliphatic heterocycles. The molecule has 94 valence electrons. The van der Waals surface area contributed by atoms with Crippen LogP contribution < -0.4 is 10.2 Å². The summed E-state index contributed by atoms with van der Waals surface area (Å²) in [6.07, 6.45) is 2.29. The Balaban J connectivity index is 1.67. The molecule has 6 heteroatoms. The number of likely N-dealkylation sites (N-methyl/N-ethyl adjacent to an activating group) is 1. The maximum Gasteiger partial charge on any atom is 0.318 e. The van der Waals surface area contributed by atoms with Crippen molar-refractivity contribution in [2.24, 2.45) is 0 Å². The summed E-state index contributed by atoms with van der Waals surface area (Å²) in [7, 11) is 2.14. The summed E-state index contributed by atoms with van der Waals surface area (Å²) in [5.74, 6) is 0.747. The molecule has 0 aromatic carbocycles. The zero-order chi connectivity index (χ0) is 11.7. The Morgan fingerprint density at radius 3 is 2.76 bits per heavy atom. The summed E-state index contributed by atoms with van der Waals surface area (Å²) in [6.45, 7) is 5.10. The lowest BCUT2D eigenvalue weighted by atomic mass is 10.2. The molecule has 0 amide bonds. The van der Waals surface area contributed by atoms with E-state index in [1.165, 1.54) is 6.42 Å². The third kappa shape index (κ3) is 2.28. The SMILES string of the molecule is CN1CCN(c2nnc(C3CCCN3)o2)CC1. The van der Waals surface area contributed by atoms with Crippen LogP contribution in [0.4, 0.5) is 6.01 Å². The molecular weight excluding hydrogens is 218 g/mol. The summed E-state index contributed by atoms with van der Waals surface area (Å²) in [4.78, 5) is 4.48. The van der Waals surface area contributed by atoms with E-state index in [0.717, 1.165) is 45.0 Å². The molecular formula is C11H19N5O. The molecule has 1 N–H and O–H groups in total. The van der Waals surface area contributed by atoms with Gasteiger partial charge in [0.2, 0.25) is 5.89 Å². The minimum atomic E-state index is 0.267. The molecule has 2 aliphatic rings. The number of piperazine rings is 1. The van der Waals surface area contributed by atoms with Crippen LogP contribution in [0.25, 0.3) is 0 Å². The van der Waals surface area contributed by atoms with Crippen molar-refractivity contribution in [3.8, 4) is 0 Å². The summed E-state index contributed by atoms with van der Waals surface area (Å²) in [5.41, 5.74) is 0. The Morgan fingerprint density at radius 1 is 1.24 bits per heavy atom. The van der Waals surface area contributed by atoms with E-state index >= 15 is 0 Å². The van der Waals surface area contributed by atoms with Gasteiger partial charge in [0.1, 0.15) is 0 Å². The first kappa shape index (κ1) is 11.0. The number of rotatable bonds is 2. The van der Waals surface area contributed by atoms with Crippen molar-refractivity contribution in [1.29, 1.82) is 0 Å². The van der Waals surface area contributed by atoms with Crippen LogP contribution in [-0.4, -0.2) is 54.9 Å². The highest BCUT2D eigenvalue weighted by Crippen LogP contribution is 2.24. The van der Waals surface area contributed by atoms with Gasteiger partial charge >= 0.3 is 6.01 Å². The topological polar surface area (TPSA) is 57.4 Å². The van der Waals surface area contributed by atoms with Crippen LogP contribution in [0, 0.1) is 0 Å². The molecule has 0 bridgehead atoms. The number of aromatic nitrogens is 2. The fourth-order valence-corrected chi connectivity index (χ4v) is 2.39. The van der Waals surface area contributed by atoms with Gasteiger partial charge in [0.15, 0.2) is 0 Å². The maximum absolute atomic E-state index is 5.76. The van der Waals surface area contributed by atoms with Crippen LogP contribution in [0.5, 0.6) is 0 Å². The molecule has 2 saturated heterocycles. The fraction of sp³-hybridized carbons (Fsp3) is 0.818. The van der Waals surface area contributed by atoms with Crippen molar-refractivity contribution >= 4 is 6.01 Å². The lowest BCUT2D eigenvalue weighted by molar-refractivity contribution is 0.302. The van der Waals surface area contributed by atoms with E-state index in [9.17, 15) is 0 Å². The second-order valence-electron chi connectivity index (χ2n) is 4.86. The molecule has 1 aromatic rings. The van der Waals surface area contributed by atoms with E-state index in [0.29, 0.717) is 6.01 Å². The number of hydrogen-bond donors (Lipinski definition) is 1. The van der Waals surface area contributed by atoms with Gasteiger partial charge in [0, 0.05) is 26.2 Å². The minimum absolute atomic E-state index is 0.267. The first-order valence-corrected chi connectivity index (χ1v) is 6.33. The van der Waals surface area contributed by atoms with Crippen molar-refractivity contribution in [1.82, 2.24) is 20.4 Å². The Kier molecular flexibility index (Phi) is 2.98. The highest BCUT2D eigenvalue weighted by molar-refractivity contribution is 5.25. The van der Waals surface area contributed by atoms with Crippen LogP contribution in [0.15, 0.2) is 4.42 Å². The Morgan fingerprint density at radius 2 is 2.06 bits per heavy atom. The van der Waals surface area contributed by atoms with Crippen LogP contribution in [0.2, 0.25) is 0 Å². The molecule has 1 unspecified atom stereocenters. The normalized spacial score (nSPS) is 26.6.